The predicted molar refractivity (Wildman–Crippen MR) is 77.8 cm³/mol. The van der Waals surface area contributed by atoms with Gasteiger partial charge in [-0.1, -0.05) is 24.3 Å². The third-order valence-corrected chi connectivity index (χ3v) is 2.97. The van der Waals surface area contributed by atoms with Gasteiger partial charge in [0.25, 0.3) is 5.69 Å². The Kier molecular flexibility index (Phi) is 3.92. The van der Waals surface area contributed by atoms with E-state index in [1.54, 1.807) is 18.2 Å². The van der Waals surface area contributed by atoms with Gasteiger partial charge in [-0.05, 0) is 41.8 Å². The Morgan fingerprint density at radius 1 is 1.20 bits per heavy atom. The maximum atomic E-state index is 10.6. The molecule has 0 saturated carbocycles. The van der Waals surface area contributed by atoms with Crippen LogP contribution >= 0.6 is 0 Å². The van der Waals surface area contributed by atoms with E-state index < -0.39 is 4.92 Å². The van der Waals surface area contributed by atoms with Gasteiger partial charge in [0.1, 0.15) is 0 Å². The topological polar surface area (TPSA) is 66.9 Å². The molecule has 0 aliphatic heterocycles. The second kappa shape index (κ2) is 5.81. The fraction of sp³-hybridized carbons (Fsp3) is 0.0625. The van der Waals surface area contributed by atoms with Crippen LogP contribution in [0.5, 0.6) is 0 Å². The average Bonchev–Trinajstić information content (AvgIpc) is 2.46. The zero-order valence-corrected chi connectivity index (χ0v) is 10.9. The molecule has 0 fully saturated rings. The molecule has 2 rings (SSSR count). The van der Waals surface area contributed by atoms with E-state index in [2.05, 4.69) is 6.07 Å². The summed E-state index contributed by atoms with van der Waals surface area (Å²) in [5.41, 5.74) is 3.22. The van der Waals surface area contributed by atoms with Gasteiger partial charge in [-0.15, -0.1) is 0 Å². The summed E-state index contributed by atoms with van der Waals surface area (Å²) in [4.78, 5) is 10.2. The average molecular weight is 264 g/mol. The van der Waals surface area contributed by atoms with Crippen molar-refractivity contribution in [1.82, 2.24) is 0 Å². The molecule has 4 nitrogen and oxygen atoms in total. The van der Waals surface area contributed by atoms with Crippen LogP contribution in [0.2, 0.25) is 0 Å². The van der Waals surface area contributed by atoms with Gasteiger partial charge in [0.2, 0.25) is 0 Å². The van der Waals surface area contributed by atoms with Crippen molar-refractivity contribution in [3.8, 4) is 6.07 Å². The molecule has 0 saturated heterocycles. The van der Waals surface area contributed by atoms with Crippen LogP contribution in [-0.4, -0.2) is 4.92 Å². The zero-order chi connectivity index (χ0) is 14.5. The number of nitriles is 1. The number of rotatable bonds is 3. The molecular weight excluding hydrogens is 252 g/mol. The number of non-ortho nitro benzene ring substituents is 1. The summed E-state index contributed by atoms with van der Waals surface area (Å²) in [5.74, 6) is 0. The lowest BCUT2D eigenvalue weighted by molar-refractivity contribution is -0.384. The molecule has 0 spiro atoms. The smallest absolute Gasteiger partial charge is 0.258 e. The first-order chi connectivity index (χ1) is 9.61. The number of hydrogen-bond acceptors (Lipinski definition) is 3. The van der Waals surface area contributed by atoms with E-state index in [1.165, 1.54) is 12.1 Å². The standard InChI is InChI=1S/C16H12N2O2/c1-12-4-2-3-5-16(12)14(11-17)10-13-6-8-15(9-7-13)18(19)20/h2-10H,1H3/b14-10-. The first-order valence-corrected chi connectivity index (χ1v) is 6.04. The van der Waals surface area contributed by atoms with Gasteiger partial charge in [0.15, 0.2) is 0 Å². The Hall–Kier alpha value is -2.93. The van der Waals surface area contributed by atoms with Crippen molar-refractivity contribution in [2.75, 3.05) is 0 Å². The highest BCUT2D eigenvalue weighted by Crippen LogP contribution is 2.22. The molecule has 0 aliphatic carbocycles. The quantitative estimate of drug-likeness (QED) is 0.364. The number of allylic oxidation sites excluding steroid dienone is 1. The Balaban J connectivity index is 2.40. The lowest BCUT2D eigenvalue weighted by atomic mass is 9.99. The first-order valence-electron chi connectivity index (χ1n) is 6.04. The van der Waals surface area contributed by atoms with Crippen LogP contribution in [0, 0.1) is 28.4 Å². The molecule has 0 heterocycles. The molecule has 0 unspecified atom stereocenters. The monoisotopic (exact) mass is 264 g/mol. The molecule has 98 valence electrons. The van der Waals surface area contributed by atoms with Gasteiger partial charge in [-0.2, -0.15) is 5.26 Å². The Bertz CT molecular complexity index is 710. The summed E-state index contributed by atoms with van der Waals surface area (Å²) in [6.45, 7) is 1.94. The molecule has 0 N–H and O–H groups in total. The lowest BCUT2D eigenvalue weighted by Gasteiger charge is -2.03. The molecule has 2 aromatic carbocycles. The highest BCUT2D eigenvalue weighted by atomic mass is 16.6. The van der Waals surface area contributed by atoms with Crippen LogP contribution in [0.25, 0.3) is 11.6 Å². The maximum absolute atomic E-state index is 10.6. The first kappa shape index (κ1) is 13.5. The van der Waals surface area contributed by atoms with Crippen LogP contribution in [0.3, 0.4) is 0 Å². The number of hydrogen-bond donors (Lipinski definition) is 0. The molecule has 2 aromatic rings. The SMILES string of the molecule is Cc1ccccc1/C(C#N)=C\c1ccc([N+](=O)[O-])cc1. The number of benzene rings is 2. The molecule has 0 bridgehead atoms. The van der Waals surface area contributed by atoms with Crippen molar-refractivity contribution in [2.24, 2.45) is 0 Å². The lowest BCUT2D eigenvalue weighted by Crippen LogP contribution is -1.88. The second-order valence-electron chi connectivity index (χ2n) is 4.33. The van der Waals surface area contributed by atoms with E-state index in [-0.39, 0.29) is 5.69 Å². The van der Waals surface area contributed by atoms with Crippen molar-refractivity contribution in [3.63, 3.8) is 0 Å². The van der Waals surface area contributed by atoms with Gasteiger partial charge in [-0.3, -0.25) is 10.1 Å². The molecule has 0 amide bonds. The van der Waals surface area contributed by atoms with Crippen LogP contribution < -0.4 is 0 Å². The molecule has 0 radical (unpaired) electrons. The van der Waals surface area contributed by atoms with Gasteiger partial charge in [-0.25, -0.2) is 0 Å². The van der Waals surface area contributed by atoms with Crippen LogP contribution in [0.15, 0.2) is 48.5 Å². The molecule has 0 aliphatic rings. The molecule has 0 atom stereocenters. The number of nitro benzene ring substituents is 1. The Morgan fingerprint density at radius 2 is 1.85 bits per heavy atom. The van der Waals surface area contributed by atoms with Gasteiger partial charge in [0.05, 0.1) is 16.6 Å². The van der Waals surface area contributed by atoms with Crippen molar-refractivity contribution < 1.29 is 4.92 Å². The molecule has 20 heavy (non-hydrogen) atoms. The minimum atomic E-state index is -0.444. The van der Waals surface area contributed by atoms with E-state index >= 15 is 0 Å². The predicted octanol–water partition coefficient (Wildman–Crippen LogP) is 3.97. The highest BCUT2D eigenvalue weighted by Gasteiger charge is 2.06. The molecular formula is C16H12N2O2. The minimum absolute atomic E-state index is 0.0385. The van der Waals surface area contributed by atoms with Crippen molar-refractivity contribution in [3.05, 3.63) is 75.3 Å². The Labute approximate surface area is 116 Å². The maximum Gasteiger partial charge on any atom is 0.269 e. The van der Waals surface area contributed by atoms with Crippen molar-refractivity contribution in [1.29, 1.82) is 5.26 Å². The molecule has 4 heteroatoms. The fourth-order valence-corrected chi connectivity index (χ4v) is 1.90. The van der Waals surface area contributed by atoms with E-state index in [4.69, 9.17) is 0 Å². The minimum Gasteiger partial charge on any atom is -0.258 e. The van der Waals surface area contributed by atoms with E-state index in [1.807, 2.05) is 31.2 Å². The summed E-state index contributed by atoms with van der Waals surface area (Å²) in [5, 5.41) is 19.9. The molecule has 0 aromatic heterocycles. The summed E-state index contributed by atoms with van der Waals surface area (Å²) < 4.78 is 0. The summed E-state index contributed by atoms with van der Waals surface area (Å²) >= 11 is 0. The van der Waals surface area contributed by atoms with Crippen LogP contribution in [0.1, 0.15) is 16.7 Å². The van der Waals surface area contributed by atoms with Crippen molar-refractivity contribution in [2.45, 2.75) is 6.92 Å². The van der Waals surface area contributed by atoms with E-state index in [0.29, 0.717) is 5.57 Å². The van der Waals surface area contributed by atoms with Crippen molar-refractivity contribution >= 4 is 17.3 Å². The highest BCUT2D eigenvalue weighted by molar-refractivity contribution is 5.90. The third kappa shape index (κ3) is 2.90. The normalized spacial score (nSPS) is 10.9. The second-order valence-corrected chi connectivity index (χ2v) is 4.33. The van der Waals surface area contributed by atoms with E-state index in [9.17, 15) is 15.4 Å². The summed E-state index contributed by atoms with van der Waals surface area (Å²) in [7, 11) is 0. The number of nitrogens with zero attached hydrogens (tertiary/aromatic N) is 2. The van der Waals surface area contributed by atoms with E-state index in [0.717, 1.165) is 16.7 Å². The summed E-state index contributed by atoms with van der Waals surface area (Å²) in [6.07, 6.45) is 1.73. The van der Waals surface area contributed by atoms with Crippen LogP contribution in [0.4, 0.5) is 5.69 Å². The van der Waals surface area contributed by atoms with Gasteiger partial charge >= 0.3 is 0 Å². The Morgan fingerprint density at radius 3 is 2.40 bits per heavy atom. The largest absolute Gasteiger partial charge is 0.269 e. The zero-order valence-electron chi connectivity index (χ0n) is 10.9. The van der Waals surface area contributed by atoms with Gasteiger partial charge < -0.3 is 0 Å². The summed E-state index contributed by atoms with van der Waals surface area (Å²) in [6, 6.07) is 15.9. The third-order valence-electron chi connectivity index (χ3n) is 2.97. The number of nitro groups is 1. The van der Waals surface area contributed by atoms with Gasteiger partial charge in [0, 0.05) is 12.1 Å². The number of aryl methyl sites for hydroxylation is 1. The van der Waals surface area contributed by atoms with Crippen LogP contribution in [-0.2, 0) is 0 Å². The fourth-order valence-electron chi connectivity index (χ4n) is 1.90.